The molecule has 0 N–H and O–H groups in total. The smallest absolute Gasteiger partial charge is 0.0476 e. The van der Waals surface area contributed by atoms with Crippen LogP contribution >= 0.6 is 8.60 Å². The Morgan fingerprint density at radius 2 is 1.15 bits per heavy atom. The van der Waals surface area contributed by atoms with Gasteiger partial charge in [0.1, 0.15) is 0 Å². The van der Waals surface area contributed by atoms with Crippen LogP contribution in [0.2, 0.25) is 0 Å². The van der Waals surface area contributed by atoms with Crippen LogP contribution in [0.15, 0.2) is 11.1 Å². The van der Waals surface area contributed by atoms with Gasteiger partial charge in [-0.05, 0) is 34.1 Å². The maximum absolute atomic E-state index is 10.0. The fraction of sp³-hybridized carbons (Fsp3) is 0.875. The molecule has 0 aliphatic heterocycles. The lowest BCUT2D eigenvalue weighted by molar-refractivity contribution is -0.318. The van der Waals surface area contributed by atoms with Gasteiger partial charge in [0.25, 0.3) is 0 Å². The molecular formula is C16H33O3P-2. The highest BCUT2D eigenvalue weighted by Crippen LogP contribution is 2.14. The molecule has 0 fully saturated rings. The second-order valence-corrected chi connectivity index (χ2v) is 6.24. The quantitative estimate of drug-likeness (QED) is 0.340. The number of hydrogen-bond acceptors (Lipinski definition) is 3. The zero-order valence-electron chi connectivity index (χ0n) is 14.0. The maximum atomic E-state index is 10.0. The van der Waals surface area contributed by atoms with E-state index < -0.39 is 8.60 Å². The van der Waals surface area contributed by atoms with Crippen LogP contribution in [0, 0.1) is 0 Å². The summed E-state index contributed by atoms with van der Waals surface area (Å²) >= 11 is 0. The SMILES string of the molecule is CC(C)=C(C)C.CCCCCCCCCCOP([O-])[O-]. The van der Waals surface area contributed by atoms with Gasteiger partial charge in [0.05, 0.1) is 0 Å². The Kier molecular flexibility index (Phi) is 19.1. The molecule has 0 aromatic carbocycles. The molecule has 0 aromatic rings. The molecule has 0 unspecified atom stereocenters. The van der Waals surface area contributed by atoms with Crippen molar-refractivity contribution in [1.29, 1.82) is 0 Å². The first kappa shape index (κ1) is 22.3. The van der Waals surface area contributed by atoms with Crippen molar-refractivity contribution >= 4 is 8.60 Å². The molecule has 0 saturated carbocycles. The average Bonchev–Trinajstić information content (AvgIpc) is 2.37. The van der Waals surface area contributed by atoms with E-state index in [2.05, 4.69) is 39.1 Å². The van der Waals surface area contributed by atoms with Gasteiger partial charge in [-0.3, -0.25) is 0 Å². The first-order chi connectivity index (χ1) is 9.41. The highest BCUT2D eigenvalue weighted by atomic mass is 31.2. The van der Waals surface area contributed by atoms with Crippen molar-refractivity contribution in [3.8, 4) is 0 Å². The maximum Gasteiger partial charge on any atom is 0.0476 e. The first-order valence-electron chi connectivity index (χ1n) is 7.79. The van der Waals surface area contributed by atoms with Gasteiger partial charge in [-0.1, -0.05) is 63.0 Å². The van der Waals surface area contributed by atoms with E-state index in [-0.39, 0.29) is 0 Å². The van der Waals surface area contributed by atoms with E-state index in [9.17, 15) is 9.79 Å². The Morgan fingerprint density at radius 1 is 0.750 bits per heavy atom. The normalized spacial score (nSPS) is 10.2. The monoisotopic (exact) mass is 304 g/mol. The largest absolute Gasteiger partial charge is 0.820 e. The van der Waals surface area contributed by atoms with E-state index in [1.54, 1.807) is 0 Å². The van der Waals surface area contributed by atoms with Crippen molar-refractivity contribution in [3.63, 3.8) is 0 Å². The van der Waals surface area contributed by atoms with Gasteiger partial charge in [0.15, 0.2) is 0 Å². The lowest BCUT2D eigenvalue weighted by Crippen LogP contribution is -2.11. The molecule has 0 rings (SSSR count). The molecule has 0 bridgehead atoms. The molecule has 0 aliphatic rings. The standard InChI is InChI=1S/C10H21O3P.C6H12/c1-2-3-4-5-6-7-8-9-10-13-14(11)12;1-5(2)6(3)4/h2-10H2,1H3;1-4H3/q-2;. The van der Waals surface area contributed by atoms with Gasteiger partial charge in [-0.25, -0.2) is 0 Å². The van der Waals surface area contributed by atoms with Gasteiger partial charge in [0, 0.05) is 6.61 Å². The van der Waals surface area contributed by atoms with Crippen molar-refractivity contribution in [2.24, 2.45) is 0 Å². The summed E-state index contributed by atoms with van der Waals surface area (Å²) in [7, 11) is -2.63. The van der Waals surface area contributed by atoms with Crippen molar-refractivity contribution in [2.45, 2.75) is 86.0 Å². The van der Waals surface area contributed by atoms with Gasteiger partial charge >= 0.3 is 0 Å². The Morgan fingerprint density at radius 3 is 1.50 bits per heavy atom. The summed E-state index contributed by atoms with van der Waals surface area (Å²) < 4.78 is 4.44. The van der Waals surface area contributed by atoms with Crippen LogP contribution in [-0.4, -0.2) is 6.61 Å². The third-order valence-corrected chi connectivity index (χ3v) is 3.59. The summed E-state index contributed by atoms with van der Waals surface area (Å²) in [5.74, 6) is 0. The lowest BCUT2D eigenvalue weighted by Gasteiger charge is -2.28. The molecule has 0 heterocycles. The van der Waals surface area contributed by atoms with E-state index in [0.717, 1.165) is 12.8 Å². The zero-order valence-corrected chi connectivity index (χ0v) is 14.9. The van der Waals surface area contributed by atoms with Crippen molar-refractivity contribution in [1.82, 2.24) is 0 Å². The molecule has 0 saturated heterocycles. The van der Waals surface area contributed by atoms with E-state index in [1.165, 1.54) is 49.7 Å². The molecule has 4 heteroatoms. The molecule has 0 aliphatic carbocycles. The number of rotatable bonds is 10. The third kappa shape index (κ3) is 23.2. The van der Waals surface area contributed by atoms with E-state index in [4.69, 9.17) is 0 Å². The van der Waals surface area contributed by atoms with Crippen molar-refractivity contribution in [3.05, 3.63) is 11.1 Å². The highest BCUT2D eigenvalue weighted by Gasteiger charge is 1.90. The molecule has 0 amide bonds. The summed E-state index contributed by atoms with van der Waals surface area (Å²) in [4.78, 5) is 20.0. The third-order valence-electron chi connectivity index (χ3n) is 3.19. The van der Waals surface area contributed by atoms with Gasteiger partial charge < -0.3 is 14.3 Å². The minimum Gasteiger partial charge on any atom is -0.820 e. The van der Waals surface area contributed by atoms with Crippen molar-refractivity contribution in [2.75, 3.05) is 6.61 Å². The van der Waals surface area contributed by atoms with E-state index in [0.29, 0.717) is 6.61 Å². The molecule has 0 spiro atoms. The van der Waals surface area contributed by atoms with Crippen LogP contribution in [0.4, 0.5) is 0 Å². The highest BCUT2D eigenvalue weighted by molar-refractivity contribution is 7.36. The minimum absolute atomic E-state index is 0.355. The van der Waals surface area contributed by atoms with Crippen LogP contribution in [0.5, 0.6) is 0 Å². The van der Waals surface area contributed by atoms with Crippen LogP contribution in [0.1, 0.15) is 86.0 Å². The van der Waals surface area contributed by atoms with Crippen LogP contribution < -0.4 is 9.79 Å². The molecule has 0 atom stereocenters. The molecule has 0 radical (unpaired) electrons. The fourth-order valence-corrected chi connectivity index (χ4v) is 1.65. The van der Waals surface area contributed by atoms with Crippen LogP contribution in [-0.2, 0) is 4.52 Å². The topological polar surface area (TPSA) is 55.3 Å². The van der Waals surface area contributed by atoms with Crippen LogP contribution in [0.3, 0.4) is 0 Å². The number of unbranched alkanes of at least 4 members (excludes halogenated alkanes) is 7. The number of allylic oxidation sites excluding steroid dienone is 2. The summed E-state index contributed by atoms with van der Waals surface area (Å²) in [6, 6.07) is 0. The van der Waals surface area contributed by atoms with E-state index in [1.807, 2.05) is 0 Å². The summed E-state index contributed by atoms with van der Waals surface area (Å²) in [6.45, 7) is 11.0. The van der Waals surface area contributed by atoms with Gasteiger partial charge in [0.2, 0.25) is 0 Å². The van der Waals surface area contributed by atoms with Gasteiger partial charge in [-0.2, -0.15) is 8.60 Å². The predicted molar refractivity (Wildman–Crippen MR) is 85.2 cm³/mol. The van der Waals surface area contributed by atoms with Gasteiger partial charge in [-0.15, -0.1) is 0 Å². The molecule has 20 heavy (non-hydrogen) atoms. The number of hydrogen-bond donors (Lipinski definition) is 0. The fourth-order valence-electron chi connectivity index (χ4n) is 1.38. The second kappa shape index (κ2) is 17.1. The Bertz CT molecular complexity index is 210. The summed E-state index contributed by atoms with van der Waals surface area (Å²) in [6.07, 6.45) is 9.66. The Labute approximate surface area is 127 Å². The Hall–Kier alpha value is 0.0500. The first-order valence-corrected chi connectivity index (χ1v) is 8.89. The second-order valence-electron chi connectivity index (χ2n) is 5.53. The molecule has 122 valence electrons. The summed E-state index contributed by atoms with van der Waals surface area (Å²) in [5, 5.41) is 0. The van der Waals surface area contributed by atoms with E-state index >= 15 is 0 Å². The molecule has 3 nitrogen and oxygen atoms in total. The molecular weight excluding hydrogens is 271 g/mol. The van der Waals surface area contributed by atoms with Crippen LogP contribution in [0.25, 0.3) is 0 Å². The molecule has 0 aromatic heterocycles. The predicted octanol–water partition coefficient (Wildman–Crippen LogP) is 4.45. The van der Waals surface area contributed by atoms with Crippen molar-refractivity contribution < 1.29 is 14.3 Å². The summed E-state index contributed by atoms with van der Waals surface area (Å²) in [5.41, 5.74) is 2.85. The minimum atomic E-state index is -2.63. The zero-order chi connectivity index (χ0) is 15.8. The average molecular weight is 304 g/mol. The lowest BCUT2D eigenvalue weighted by atomic mass is 10.1. The Balaban J connectivity index is 0.